The van der Waals surface area contributed by atoms with E-state index in [0.717, 1.165) is 0 Å². The number of rotatable bonds is 2. The smallest absolute Gasteiger partial charge is 0.258 e. The molecule has 0 aliphatic carbocycles. The zero-order valence-electron chi connectivity index (χ0n) is 8.12. The Labute approximate surface area is 117 Å². The monoisotopic (exact) mass is 308 g/mol. The molecular formula is C10H4Cl4N2O. The topological polar surface area (TPSA) is 35.0 Å². The molecule has 0 atom stereocenters. The van der Waals surface area contributed by atoms with Gasteiger partial charge in [-0.2, -0.15) is 0 Å². The average Bonchev–Trinajstić information content (AvgIpc) is 2.25. The molecule has 0 N–H and O–H groups in total. The third-order valence-electron chi connectivity index (χ3n) is 1.79. The Morgan fingerprint density at radius 1 is 0.882 bits per heavy atom. The predicted octanol–water partition coefficient (Wildman–Crippen LogP) is 4.88. The summed E-state index contributed by atoms with van der Waals surface area (Å²) in [5, 5.41) is 8.62. The highest BCUT2D eigenvalue weighted by Crippen LogP contribution is 2.33. The summed E-state index contributed by atoms with van der Waals surface area (Å²) in [6, 6.07) is 6.22. The lowest BCUT2D eigenvalue weighted by atomic mass is 10.3. The quantitative estimate of drug-likeness (QED) is 0.792. The van der Waals surface area contributed by atoms with Crippen LogP contribution in [0.4, 0.5) is 0 Å². The summed E-state index contributed by atoms with van der Waals surface area (Å²) in [7, 11) is 0. The Bertz CT molecular complexity index is 512. The molecule has 0 bridgehead atoms. The summed E-state index contributed by atoms with van der Waals surface area (Å²) in [6.07, 6.45) is 0. The van der Waals surface area contributed by atoms with Gasteiger partial charge in [0.1, 0.15) is 10.8 Å². The van der Waals surface area contributed by atoms with Crippen molar-refractivity contribution >= 4 is 46.4 Å². The van der Waals surface area contributed by atoms with Crippen LogP contribution in [-0.2, 0) is 0 Å². The Kier molecular flexibility index (Phi) is 3.94. The van der Waals surface area contributed by atoms with Crippen LogP contribution >= 0.6 is 46.4 Å². The second kappa shape index (κ2) is 5.27. The first-order chi connectivity index (χ1) is 8.06. The molecule has 0 unspecified atom stereocenters. The van der Waals surface area contributed by atoms with Gasteiger partial charge in [-0.15, -0.1) is 10.2 Å². The van der Waals surface area contributed by atoms with Crippen LogP contribution < -0.4 is 4.74 Å². The van der Waals surface area contributed by atoms with Crippen LogP contribution in [0.25, 0.3) is 0 Å². The number of aromatic nitrogens is 2. The van der Waals surface area contributed by atoms with Crippen molar-refractivity contribution in [1.29, 1.82) is 0 Å². The summed E-state index contributed by atoms with van der Waals surface area (Å²) in [5.74, 6) is 0.509. The van der Waals surface area contributed by atoms with E-state index in [1.165, 1.54) is 6.07 Å². The highest BCUT2D eigenvalue weighted by atomic mass is 35.5. The minimum absolute atomic E-state index is 0.125. The third-order valence-corrected chi connectivity index (χ3v) is 2.77. The fraction of sp³-hybridized carbons (Fsp3) is 0. The Morgan fingerprint density at radius 2 is 1.65 bits per heavy atom. The number of nitrogens with zero attached hydrogens (tertiary/aromatic N) is 2. The van der Waals surface area contributed by atoms with Gasteiger partial charge < -0.3 is 4.74 Å². The van der Waals surface area contributed by atoms with Gasteiger partial charge in [-0.05, 0) is 18.2 Å². The Morgan fingerprint density at radius 3 is 2.29 bits per heavy atom. The van der Waals surface area contributed by atoms with Gasteiger partial charge in [-0.25, -0.2) is 0 Å². The molecule has 3 nitrogen and oxygen atoms in total. The van der Waals surface area contributed by atoms with Gasteiger partial charge >= 0.3 is 0 Å². The number of hydrogen-bond acceptors (Lipinski definition) is 3. The minimum Gasteiger partial charge on any atom is -0.435 e. The van der Waals surface area contributed by atoms with Crippen molar-refractivity contribution in [1.82, 2.24) is 10.2 Å². The Balaban J connectivity index is 2.31. The molecule has 1 heterocycles. The first kappa shape index (κ1) is 12.7. The molecule has 2 aromatic rings. The van der Waals surface area contributed by atoms with E-state index in [1.807, 2.05) is 0 Å². The van der Waals surface area contributed by atoms with Gasteiger partial charge in [0.05, 0.1) is 5.02 Å². The highest BCUT2D eigenvalue weighted by molar-refractivity contribution is 6.36. The molecule has 0 radical (unpaired) electrons. The second-order valence-corrected chi connectivity index (χ2v) is 4.64. The molecule has 17 heavy (non-hydrogen) atoms. The van der Waals surface area contributed by atoms with Crippen molar-refractivity contribution in [3.63, 3.8) is 0 Å². The summed E-state index contributed by atoms with van der Waals surface area (Å²) < 4.78 is 5.40. The molecule has 1 aromatic carbocycles. The second-order valence-electron chi connectivity index (χ2n) is 3.00. The number of ether oxygens (including phenoxy) is 1. The molecule has 0 fully saturated rings. The minimum atomic E-state index is 0.125. The van der Waals surface area contributed by atoms with Gasteiger partial charge in [0, 0.05) is 11.1 Å². The van der Waals surface area contributed by atoms with Crippen LogP contribution in [0.15, 0.2) is 24.3 Å². The molecule has 0 saturated carbocycles. The van der Waals surface area contributed by atoms with Crippen molar-refractivity contribution in [2.75, 3.05) is 0 Å². The zero-order chi connectivity index (χ0) is 12.4. The zero-order valence-corrected chi connectivity index (χ0v) is 11.1. The molecule has 0 spiro atoms. The number of benzene rings is 1. The van der Waals surface area contributed by atoms with Crippen molar-refractivity contribution in [2.45, 2.75) is 0 Å². The van der Waals surface area contributed by atoms with Crippen molar-refractivity contribution in [3.8, 4) is 11.6 Å². The van der Waals surface area contributed by atoms with E-state index in [-0.39, 0.29) is 16.1 Å². The molecule has 0 amide bonds. The molecule has 1 aromatic heterocycles. The van der Waals surface area contributed by atoms with E-state index in [4.69, 9.17) is 51.1 Å². The first-order valence-electron chi connectivity index (χ1n) is 4.38. The average molecular weight is 310 g/mol. The van der Waals surface area contributed by atoms with Crippen LogP contribution in [0, 0.1) is 0 Å². The molecule has 88 valence electrons. The fourth-order valence-corrected chi connectivity index (χ4v) is 1.90. The largest absolute Gasteiger partial charge is 0.435 e. The van der Waals surface area contributed by atoms with Crippen LogP contribution in [0.3, 0.4) is 0 Å². The van der Waals surface area contributed by atoms with Crippen LogP contribution in [0.2, 0.25) is 20.2 Å². The number of hydrogen-bond donors (Lipinski definition) is 0. The maximum atomic E-state index is 5.94. The Hall–Kier alpha value is -0.740. The van der Waals surface area contributed by atoms with Gasteiger partial charge in [0.2, 0.25) is 0 Å². The van der Waals surface area contributed by atoms with E-state index in [0.29, 0.717) is 15.8 Å². The summed E-state index contributed by atoms with van der Waals surface area (Å²) in [5.41, 5.74) is 0. The summed E-state index contributed by atoms with van der Waals surface area (Å²) >= 11 is 23.2. The van der Waals surface area contributed by atoms with Crippen LogP contribution in [0.5, 0.6) is 11.6 Å². The summed E-state index contributed by atoms with van der Waals surface area (Å²) in [6.45, 7) is 0. The standard InChI is InChI=1S/C10H4Cl4N2O/c11-5-1-2-8(6(12)3-5)17-10-7(13)4-9(14)15-16-10/h1-4H. The van der Waals surface area contributed by atoms with Crippen LogP contribution in [0.1, 0.15) is 0 Å². The molecule has 2 rings (SSSR count). The van der Waals surface area contributed by atoms with Crippen molar-refractivity contribution in [3.05, 3.63) is 44.5 Å². The molecular weight excluding hydrogens is 306 g/mol. The molecule has 7 heteroatoms. The van der Waals surface area contributed by atoms with Gasteiger partial charge in [-0.3, -0.25) is 0 Å². The lowest BCUT2D eigenvalue weighted by Gasteiger charge is -2.07. The maximum absolute atomic E-state index is 5.94. The number of halogens is 4. The maximum Gasteiger partial charge on any atom is 0.258 e. The lowest BCUT2D eigenvalue weighted by Crippen LogP contribution is -1.92. The van der Waals surface area contributed by atoms with Gasteiger partial charge in [0.25, 0.3) is 5.88 Å². The fourth-order valence-electron chi connectivity index (χ4n) is 1.07. The van der Waals surface area contributed by atoms with Crippen molar-refractivity contribution < 1.29 is 4.74 Å². The predicted molar refractivity (Wildman–Crippen MR) is 68.6 cm³/mol. The molecule has 0 saturated heterocycles. The van der Waals surface area contributed by atoms with E-state index in [9.17, 15) is 0 Å². The van der Waals surface area contributed by atoms with Gasteiger partial charge in [-0.1, -0.05) is 46.4 Å². The SMILES string of the molecule is Clc1ccc(Oc2nnc(Cl)cc2Cl)c(Cl)c1. The molecule has 0 aliphatic rings. The van der Waals surface area contributed by atoms with E-state index < -0.39 is 0 Å². The third kappa shape index (κ3) is 3.13. The normalized spacial score (nSPS) is 10.4. The molecule has 0 aliphatic heterocycles. The van der Waals surface area contributed by atoms with E-state index >= 15 is 0 Å². The van der Waals surface area contributed by atoms with Crippen LogP contribution in [-0.4, -0.2) is 10.2 Å². The van der Waals surface area contributed by atoms with Crippen molar-refractivity contribution in [2.24, 2.45) is 0 Å². The van der Waals surface area contributed by atoms with E-state index in [1.54, 1.807) is 18.2 Å². The van der Waals surface area contributed by atoms with Gasteiger partial charge in [0.15, 0.2) is 5.15 Å². The highest BCUT2D eigenvalue weighted by Gasteiger charge is 2.09. The summed E-state index contributed by atoms with van der Waals surface area (Å²) in [4.78, 5) is 0. The lowest BCUT2D eigenvalue weighted by molar-refractivity contribution is 0.456. The van der Waals surface area contributed by atoms with E-state index in [2.05, 4.69) is 10.2 Å². The first-order valence-corrected chi connectivity index (χ1v) is 5.89.